The van der Waals surface area contributed by atoms with Gasteiger partial charge in [-0.15, -0.1) is 0 Å². The van der Waals surface area contributed by atoms with Crippen LogP contribution >= 0.6 is 0 Å². The highest BCUT2D eigenvalue weighted by atomic mass is 16.6. The van der Waals surface area contributed by atoms with Gasteiger partial charge >= 0.3 is 11.9 Å². The van der Waals surface area contributed by atoms with Crippen molar-refractivity contribution in [2.24, 2.45) is 0 Å². The van der Waals surface area contributed by atoms with E-state index in [1.54, 1.807) is 27.7 Å². The van der Waals surface area contributed by atoms with Crippen molar-refractivity contribution >= 4 is 17.7 Å². The van der Waals surface area contributed by atoms with Gasteiger partial charge in [0.1, 0.15) is 17.8 Å². The monoisotopic (exact) mass is 322 g/mol. The first-order chi connectivity index (χ1) is 10.7. The van der Waals surface area contributed by atoms with Gasteiger partial charge in [-0.25, -0.2) is 9.48 Å². The van der Waals surface area contributed by atoms with Crippen LogP contribution in [0.3, 0.4) is 0 Å². The predicted molar refractivity (Wildman–Crippen MR) is 81.3 cm³/mol. The van der Waals surface area contributed by atoms with Crippen molar-refractivity contribution < 1.29 is 23.9 Å². The Labute approximate surface area is 134 Å². The lowest BCUT2D eigenvalue weighted by Gasteiger charge is -2.20. The Bertz CT molecular complexity index is 640. The fourth-order valence-electron chi connectivity index (χ4n) is 2.57. The first kappa shape index (κ1) is 17.2. The normalized spacial score (nSPS) is 14.3. The Morgan fingerprint density at radius 3 is 2.57 bits per heavy atom. The van der Waals surface area contributed by atoms with E-state index in [0.717, 1.165) is 0 Å². The van der Waals surface area contributed by atoms with Gasteiger partial charge < -0.3 is 9.47 Å². The molecule has 0 fully saturated rings. The van der Waals surface area contributed by atoms with Gasteiger partial charge in [0.15, 0.2) is 11.5 Å². The Balaban J connectivity index is 2.34. The minimum Gasteiger partial charge on any atom is -0.461 e. The molecule has 0 aromatic carbocycles. The SMILES string of the molecule is CCOC(=O)c1nn(CC(=O)OC(C)(C)C)c2c1CCCC2=O. The third kappa shape index (κ3) is 3.97. The van der Waals surface area contributed by atoms with E-state index in [1.165, 1.54) is 4.68 Å². The number of esters is 2. The summed E-state index contributed by atoms with van der Waals surface area (Å²) in [5.41, 5.74) is 0.394. The minimum absolute atomic E-state index is 0.113. The zero-order valence-electron chi connectivity index (χ0n) is 14.0. The van der Waals surface area contributed by atoms with E-state index in [1.807, 2.05) is 0 Å². The quantitative estimate of drug-likeness (QED) is 0.787. The molecule has 0 saturated carbocycles. The van der Waals surface area contributed by atoms with Crippen LogP contribution in [0, 0.1) is 0 Å². The molecule has 126 valence electrons. The number of carbonyl (C=O) groups is 3. The number of rotatable bonds is 4. The molecule has 0 atom stereocenters. The highest BCUT2D eigenvalue weighted by molar-refractivity contribution is 6.01. The highest BCUT2D eigenvalue weighted by Gasteiger charge is 2.31. The van der Waals surface area contributed by atoms with Crippen molar-refractivity contribution in [1.82, 2.24) is 9.78 Å². The van der Waals surface area contributed by atoms with Crippen molar-refractivity contribution in [3.63, 3.8) is 0 Å². The molecule has 1 aromatic heterocycles. The van der Waals surface area contributed by atoms with Crippen molar-refractivity contribution in [2.45, 2.75) is 59.1 Å². The van der Waals surface area contributed by atoms with Crippen molar-refractivity contribution in [2.75, 3.05) is 6.61 Å². The molecule has 0 saturated heterocycles. The Kier molecular flexibility index (Phi) is 4.87. The van der Waals surface area contributed by atoms with Gasteiger partial charge in [-0.1, -0.05) is 0 Å². The van der Waals surface area contributed by atoms with Crippen LogP contribution in [0.1, 0.15) is 67.1 Å². The van der Waals surface area contributed by atoms with Crippen LogP contribution in [0.15, 0.2) is 0 Å². The number of aromatic nitrogens is 2. The number of hydrogen-bond donors (Lipinski definition) is 0. The number of carbonyl (C=O) groups excluding carboxylic acids is 3. The van der Waals surface area contributed by atoms with Crippen LogP contribution in [-0.4, -0.2) is 39.7 Å². The van der Waals surface area contributed by atoms with Crippen LogP contribution < -0.4 is 0 Å². The maximum Gasteiger partial charge on any atom is 0.359 e. The van der Waals surface area contributed by atoms with Gasteiger partial charge in [-0.05, 0) is 40.5 Å². The maximum atomic E-state index is 12.2. The molecule has 0 radical (unpaired) electrons. The molecule has 0 amide bonds. The molecule has 0 N–H and O–H groups in total. The molecule has 0 aliphatic heterocycles. The molecule has 0 bridgehead atoms. The van der Waals surface area contributed by atoms with Crippen molar-refractivity contribution in [1.29, 1.82) is 0 Å². The summed E-state index contributed by atoms with van der Waals surface area (Å²) in [7, 11) is 0. The number of Topliss-reactive ketones (excluding diaryl/α,β-unsaturated/α-hetero) is 1. The van der Waals surface area contributed by atoms with Gasteiger partial charge in [0.25, 0.3) is 0 Å². The second-order valence-corrected chi connectivity index (χ2v) is 6.42. The summed E-state index contributed by atoms with van der Waals surface area (Å²) in [4.78, 5) is 36.2. The summed E-state index contributed by atoms with van der Waals surface area (Å²) in [6, 6.07) is 0. The average molecular weight is 322 g/mol. The molecule has 1 aromatic rings. The first-order valence-electron chi connectivity index (χ1n) is 7.74. The van der Waals surface area contributed by atoms with Gasteiger partial charge in [0, 0.05) is 12.0 Å². The number of ether oxygens (including phenoxy) is 2. The molecule has 1 aliphatic carbocycles. The molecule has 1 aliphatic rings. The Hall–Kier alpha value is -2.18. The van der Waals surface area contributed by atoms with E-state index in [-0.39, 0.29) is 24.6 Å². The standard InChI is InChI=1S/C16H22N2O5/c1-5-22-15(21)13-10-7-6-8-11(19)14(10)18(17-13)9-12(20)23-16(2,3)4/h5-9H2,1-4H3. The van der Waals surface area contributed by atoms with Crippen molar-refractivity contribution in [3.05, 3.63) is 17.0 Å². The molecule has 7 nitrogen and oxygen atoms in total. The van der Waals surface area contributed by atoms with Crippen LogP contribution in [0.5, 0.6) is 0 Å². The maximum absolute atomic E-state index is 12.2. The second-order valence-electron chi connectivity index (χ2n) is 6.42. The minimum atomic E-state index is -0.627. The van der Waals surface area contributed by atoms with Crippen LogP contribution in [0.25, 0.3) is 0 Å². The number of hydrogen-bond acceptors (Lipinski definition) is 6. The Morgan fingerprint density at radius 2 is 1.96 bits per heavy atom. The number of ketones is 1. The third-order valence-corrected chi connectivity index (χ3v) is 3.31. The summed E-state index contributed by atoms with van der Waals surface area (Å²) in [5, 5.41) is 4.15. The van der Waals surface area contributed by atoms with E-state index in [4.69, 9.17) is 9.47 Å². The van der Waals surface area contributed by atoms with Crippen LogP contribution in [0.4, 0.5) is 0 Å². The van der Waals surface area contributed by atoms with Crippen LogP contribution in [0.2, 0.25) is 0 Å². The van der Waals surface area contributed by atoms with E-state index in [0.29, 0.717) is 30.5 Å². The number of nitrogens with zero attached hydrogens (tertiary/aromatic N) is 2. The largest absolute Gasteiger partial charge is 0.461 e. The first-order valence-corrected chi connectivity index (χ1v) is 7.74. The lowest BCUT2D eigenvalue weighted by molar-refractivity contribution is -0.155. The summed E-state index contributed by atoms with van der Waals surface area (Å²) in [5.74, 6) is -1.18. The van der Waals surface area contributed by atoms with E-state index >= 15 is 0 Å². The second kappa shape index (κ2) is 6.52. The molecule has 7 heteroatoms. The fraction of sp³-hybridized carbons (Fsp3) is 0.625. The van der Waals surface area contributed by atoms with E-state index in [9.17, 15) is 14.4 Å². The molecule has 0 unspecified atom stereocenters. The molecular weight excluding hydrogens is 300 g/mol. The molecule has 23 heavy (non-hydrogen) atoms. The fourth-order valence-corrected chi connectivity index (χ4v) is 2.57. The molecule has 2 rings (SSSR count). The Morgan fingerprint density at radius 1 is 1.26 bits per heavy atom. The summed E-state index contributed by atoms with van der Waals surface area (Å²) < 4.78 is 11.5. The summed E-state index contributed by atoms with van der Waals surface area (Å²) in [6.07, 6.45) is 1.62. The molecule has 1 heterocycles. The van der Waals surface area contributed by atoms with Crippen LogP contribution in [-0.2, 0) is 27.2 Å². The van der Waals surface area contributed by atoms with Gasteiger partial charge in [0.05, 0.1) is 6.61 Å². The molecule has 0 spiro atoms. The summed E-state index contributed by atoms with van der Waals surface area (Å²) in [6.45, 7) is 7.01. The topological polar surface area (TPSA) is 87.5 Å². The predicted octanol–water partition coefficient (Wildman–Crippen LogP) is 1.92. The van der Waals surface area contributed by atoms with Crippen molar-refractivity contribution in [3.8, 4) is 0 Å². The number of fused-ring (bicyclic) bond motifs is 1. The zero-order valence-corrected chi connectivity index (χ0v) is 14.0. The lowest BCUT2D eigenvalue weighted by atomic mass is 9.94. The molecular formula is C16H22N2O5. The summed E-state index contributed by atoms with van der Waals surface area (Å²) >= 11 is 0. The highest BCUT2D eigenvalue weighted by Crippen LogP contribution is 2.25. The van der Waals surface area contributed by atoms with E-state index in [2.05, 4.69) is 5.10 Å². The van der Waals surface area contributed by atoms with E-state index < -0.39 is 17.5 Å². The van der Waals surface area contributed by atoms with Gasteiger partial charge in [-0.3, -0.25) is 9.59 Å². The smallest absolute Gasteiger partial charge is 0.359 e. The van der Waals surface area contributed by atoms with Gasteiger partial charge in [-0.2, -0.15) is 5.10 Å². The van der Waals surface area contributed by atoms with Gasteiger partial charge in [0.2, 0.25) is 0 Å². The zero-order chi connectivity index (χ0) is 17.2. The third-order valence-electron chi connectivity index (χ3n) is 3.31. The average Bonchev–Trinajstić information content (AvgIpc) is 2.77. The lowest BCUT2D eigenvalue weighted by Crippen LogP contribution is -2.28.